The SMILES string of the molecule is CCCCCCCCCCCCCCC[C@H]1COC(C)(OC)O1. The second-order valence-corrected chi connectivity index (χ2v) is 7.15. The topological polar surface area (TPSA) is 27.7 Å². The lowest BCUT2D eigenvalue weighted by Gasteiger charge is -2.20. The van der Waals surface area contributed by atoms with Crippen molar-refractivity contribution < 1.29 is 14.2 Å². The summed E-state index contributed by atoms with van der Waals surface area (Å²) in [6, 6.07) is 0. The first-order chi connectivity index (χ1) is 11.2. The minimum atomic E-state index is -0.804. The Kier molecular flexibility index (Phi) is 12.0. The largest absolute Gasteiger partial charge is 0.331 e. The third kappa shape index (κ3) is 10.4. The number of hydrogen-bond acceptors (Lipinski definition) is 3. The van der Waals surface area contributed by atoms with Crippen molar-refractivity contribution in [2.45, 2.75) is 116 Å². The average Bonchev–Trinajstić information content (AvgIpc) is 2.94. The first kappa shape index (κ1) is 20.9. The van der Waals surface area contributed by atoms with E-state index in [9.17, 15) is 0 Å². The Bertz CT molecular complexity index is 270. The third-order valence-electron chi connectivity index (χ3n) is 4.91. The molecule has 0 radical (unpaired) electrons. The van der Waals surface area contributed by atoms with E-state index in [0.717, 1.165) is 6.42 Å². The van der Waals surface area contributed by atoms with Gasteiger partial charge in [0.25, 0.3) is 5.97 Å². The van der Waals surface area contributed by atoms with Gasteiger partial charge >= 0.3 is 0 Å². The van der Waals surface area contributed by atoms with E-state index in [0.29, 0.717) is 6.61 Å². The molecule has 1 saturated heterocycles. The monoisotopic (exact) mass is 328 g/mol. The van der Waals surface area contributed by atoms with Crippen molar-refractivity contribution in [3.63, 3.8) is 0 Å². The highest BCUT2D eigenvalue weighted by molar-refractivity contribution is 4.67. The third-order valence-corrected chi connectivity index (χ3v) is 4.91. The van der Waals surface area contributed by atoms with Crippen LogP contribution < -0.4 is 0 Å². The summed E-state index contributed by atoms with van der Waals surface area (Å²) in [6.07, 6.45) is 19.5. The van der Waals surface area contributed by atoms with Crippen LogP contribution in [-0.2, 0) is 14.2 Å². The minimum absolute atomic E-state index is 0.215. The standard InChI is InChI=1S/C20H40O3/c1-4-5-6-7-8-9-10-11-12-13-14-15-16-17-19-18-22-20(2,21-3)23-19/h19H,4-18H2,1-3H3/t19-,20?/m0/s1. The van der Waals surface area contributed by atoms with E-state index in [4.69, 9.17) is 14.2 Å². The van der Waals surface area contributed by atoms with E-state index in [1.165, 1.54) is 83.5 Å². The molecule has 23 heavy (non-hydrogen) atoms. The van der Waals surface area contributed by atoms with Crippen LogP contribution in [0.2, 0.25) is 0 Å². The van der Waals surface area contributed by atoms with Crippen LogP contribution >= 0.6 is 0 Å². The number of rotatable bonds is 15. The zero-order valence-electron chi connectivity index (χ0n) is 15.9. The molecule has 0 spiro atoms. The molecule has 1 unspecified atom stereocenters. The first-order valence-electron chi connectivity index (χ1n) is 10.1. The van der Waals surface area contributed by atoms with Gasteiger partial charge in [-0.05, 0) is 6.42 Å². The van der Waals surface area contributed by atoms with Gasteiger partial charge in [-0.1, -0.05) is 90.4 Å². The molecule has 0 amide bonds. The number of ether oxygens (including phenoxy) is 3. The molecule has 0 aliphatic carbocycles. The maximum Gasteiger partial charge on any atom is 0.280 e. The molecule has 0 aromatic rings. The molecule has 3 nitrogen and oxygen atoms in total. The summed E-state index contributed by atoms with van der Waals surface area (Å²) in [6.45, 7) is 4.80. The van der Waals surface area contributed by atoms with Gasteiger partial charge in [0.05, 0.1) is 12.7 Å². The molecule has 0 saturated carbocycles. The van der Waals surface area contributed by atoms with Crippen LogP contribution in [0.3, 0.4) is 0 Å². The van der Waals surface area contributed by atoms with Crippen molar-refractivity contribution in [3.8, 4) is 0 Å². The highest BCUT2D eigenvalue weighted by Crippen LogP contribution is 2.26. The molecule has 138 valence electrons. The van der Waals surface area contributed by atoms with Crippen LogP contribution in [-0.4, -0.2) is 25.8 Å². The van der Waals surface area contributed by atoms with E-state index in [-0.39, 0.29) is 6.10 Å². The Morgan fingerprint density at radius 3 is 1.74 bits per heavy atom. The smallest absolute Gasteiger partial charge is 0.280 e. The van der Waals surface area contributed by atoms with Gasteiger partial charge in [0.15, 0.2) is 0 Å². The zero-order valence-corrected chi connectivity index (χ0v) is 15.9. The quantitative estimate of drug-likeness (QED) is 0.335. The molecule has 2 atom stereocenters. The number of methoxy groups -OCH3 is 1. The summed E-state index contributed by atoms with van der Waals surface area (Å²) < 4.78 is 16.5. The molecule has 0 aromatic heterocycles. The van der Waals surface area contributed by atoms with Crippen LogP contribution in [0.25, 0.3) is 0 Å². The van der Waals surface area contributed by atoms with Crippen LogP contribution in [0.5, 0.6) is 0 Å². The fraction of sp³-hybridized carbons (Fsp3) is 1.00. The highest BCUT2D eigenvalue weighted by Gasteiger charge is 2.36. The summed E-state index contributed by atoms with van der Waals surface area (Å²) in [5.41, 5.74) is 0. The van der Waals surface area contributed by atoms with Gasteiger partial charge in [-0.2, -0.15) is 0 Å². The molecule has 0 bridgehead atoms. The van der Waals surface area contributed by atoms with Crippen LogP contribution in [0, 0.1) is 0 Å². The zero-order chi connectivity index (χ0) is 16.8. The molecule has 1 rings (SSSR count). The van der Waals surface area contributed by atoms with E-state index >= 15 is 0 Å². The van der Waals surface area contributed by atoms with Gasteiger partial charge in [-0.25, -0.2) is 0 Å². The van der Waals surface area contributed by atoms with Crippen molar-refractivity contribution in [2.24, 2.45) is 0 Å². The molecule has 1 aliphatic rings. The Morgan fingerprint density at radius 2 is 1.30 bits per heavy atom. The van der Waals surface area contributed by atoms with Crippen LogP contribution in [0.4, 0.5) is 0 Å². The normalized spacial score (nSPS) is 24.4. The van der Waals surface area contributed by atoms with E-state index in [1.807, 2.05) is 6.92 Å². The number of unbranched alkanes of at least 4 members (excludes halogenated alkanes) is 12. The van der Waals surface area contributed by atoms with E-state index < -0.39 is 5.97 Å². The van der Waals surface area contributed by atoms with E-state index in [2.05, 4.69) is 6.92 Å². The predicted octanol–water partition coefficient (Wildman–Crippen LogP) is 6.20. The van der Waals surface area contributed by atoms with Gasteiger partial charge in [0.2, 0.25) is 0 Å². The molecule has 1 fully saturated rings. The second kappa shape index (κ2) is 13.2. The Morgan fingerprint density at radius 1 is 0.826 bits per heavy atom. The van der Waals surface area contributed by atoms with Crippen molar-refractivity contribution in [3.05, 3.63) is 0 Å². The lowest BCUT2D eigenvalue weighted by molar-refractivity contribution is -0.313. The Balaban J connectivity index is 1.77. The lowest BCUT2D eigenvalue weighted by atomic mass is 10.0. The van der Waals surface area contributed by atoms with Crippen molar-refractivity contribution >= 4 is 0 Å². The van der Waals surface area contributed by atoms with E-state index in [1.54, 1.807) is 7.11 Å². The summed E-state index contributed by atoms with van der Waals surface area (Å²) in [4.78, 5) is 0. The molecular weight excluding hydrogens is 288 g/mol. The van der Waals surface area contributed by atoms with Crippen LogP contribution in [0.1, 0.15) is 104 Å². The molecule has 0 N–H and O–H groups in total. The van der Waals surface area contributed by atoms with Gasteiger partial charge in [0, 0.05) is 14.0 Å². The highest BCUT2D eigenvalue weighted by atomic mass is 16.9. The second-order valence-electron chi connectivity index (χ2n) is 7.15. The summed E-state index contributed by atoms with van der Waals surface area (Å²) in [5.74, 6) is -0.804. The van der Waals surface area contributed by atoms with Gasteiger partial charge in [-0.15, -0.1) is 0 Å². The average molecular weight is 329 g/mol. The summed E-state index contributed by atoms with van der Waals surface area (Å²) >= 11 is 0. The minimum Gasteiger partial charge on any atom is -0.331 e. The summed E-state index contributed by atoms with van der Waals surface area (Å²) in [5, 5.41) is 0. The van der Waals surface area contributed by atoms with Gasteiger partial charge in [-0.3, -0.25) is 0 Å². The first-order valence-corrected chi connectivity index (χ1v) is 10.1. The summed E-state index contributed by atoms with van der Waals surface area (Å²) in [7, 11) is 1.63. The van der Waals surface area contributed by atoms with Crippen molar-refractivity contribution in [1.82, 2.24) is 0 Å². The van der Waals surface area contributed by atoms with Crippen LogP contribution in [0.15, 0.2) is 0 Å². The maximum absolute atomic E-state index is 5.76. The maximum atomic E-state index is 5.76. The molecular formula is C20H40O3. The molecule has 1 heterocycles. The molecule has 1 aliphatic heterocycles. The van der Waals surface area contributed by atoms with Gasteiger partial charge in [0.1, 0.15) is 0 Å². The van der Waals surface area contributed by atoms with Crippen molar-refractivity contribution in [2.75, 3.05) is 13.7 Å². The van der Waals surface area contributed by atoms with Crippen molar-refractivity contribution in [1.29, 1.82) is 0 Å². The number of hydrogen-bond donors (Lipinski definition) is 0. The lowest BCUT2D eigenvalue weighted by Crippen LogP contribution is -2.28. The predicted molar refractivity (Wildman–Crippen MR) is 96.6 cm³/mol. The fourth-order valence-corrected chi connectivity index (χ4v) is 3.25. The Hall–Kier alpha value is -0.120. The Labute approximate surface area is 144 Å². The molecule has 3 heteroatoms. The van der Waals surface area contributed by atoms with Gasteiger partial charge < -0.3 is 14.2 Å². The fourth-order valence-electron chi connectivity index (χ4n) is 3.25. The molecule has 0 aromatic carbocycles.